The van der Waals surface area contributed by atoms with E-state index in [1.54, 1.807) is 26.1 Å². The number of hydrogen-bond acceptors (Lipinski definition) is 5. The standard InChI is InChI=1S/C16H20N4O3/c1-11-4-6-13(7-5-11)16(22)17-9-8-15(21)20(3)10-14-19-18-12(2)23-14/h4-7H,8-10H2,1-3H3,(H,17,22). The molecule has 0 saturated carbocycles. The summed E-state index contributed by atoms with van der Waals surface area (Å²) in [5.74, 6) is 0.561. The first-order valence-corrected chi connectivity index (χ1v) is 7.33. The van der Waals surface area contributed by atoms with Gasteiger partial charge in [-0.05, 0) is 19.1 Å². The van der Waals surface area contributed by atoms with Crippen LogP contribution in [0.5, 0.6) is 0 Å². The van der Waals surface area contributed by atoms with Crippen LogP contribution in [0.1, 0.15) is 34.1 Å². The molecule has 122 valence electrons. The molecule has 2 aromatic rings. The maximum atomic E-state index is 12.0. The number of hydrogen-bond donors (Lipinski definition) is 1. The van der Waals surface area contributed by atoms with Crippen LogP contribution in [0.15, 0.2) is 28.7 Å². The Bertz CT molecular complexity index is 679. The third kappa shape index (κ3) is 4.91. The molecule has 1 aromatic heterocycles. The maximum absolute atomic E-state index is 12.0. The fourth-order valence-electron chi connectivity index (χ4n) is 1.97. The van der Waals surface area contributed by atoms with Gasteiger partial charge in [0.2, 0.25) is 17.7 Å². The molecular formula is C16H20N4O3. The number of carbonyl (C=O) groups is 2. The molecule has 23 heavy (non-hydrogen) atoms. The molecule has 0 atom stereocenters. The molecule has 0 bridgehead atoms. The molecule has 1 aromatic carbocycles. The van der Waals surface area contributed by atoms with Gasteiger partial charge in [-0.3, -0.25) is 9.59 Å². The normalized spacial score (nSPS) is 10.4. The molecule has 0 saturated heterocycles. The topological polar surface area (TPSA) is 88.3 Å². The minimum atomic E-state index is -0.187. The number of aromatic nitrogens is 2. The van der Waals surface area contributed by atoms with Crippen molar-refractivity contribution in [2.24, 2.45) is 0 Å². The van der Waals surface area contributed by atoms with Crippen LogP contribution in [0.3, 0.4) is 0 Å². The Labute approximate surface area is 134 Å². The van der Waals surface area contributed by atoms with Crippen LogP contribution in [-0.2, 0) is 11.3 Å². The Hall–Kier alpha value is -2.70. The maximum Gasteiger partial charge on any atom is 0.251 e. The molecule has 2 amide bonds. The molecule has 0 aliphatic heterocycles. The van der Waals surface area contributed by atoms with Crippen LogP contribution in [0, 0.1) is 13.8 Å². The Morgan fingerprint density at radius 3 is 2.48 bits per heavy atom. The van der Waals surface area contributed by atoms with Gasteiger partial charge in [0, 0.05) is 32.5 Å². The van der Waals surface area contributed by atoms with E-state index in [-0.39, 0.29) is 31.3 Å². The molecule has 2 rings (SSSR count). The van der Waals surface area contributed by atoms with Gasteiger partial charge in [0.15, 0.2) is 0 Å². The second-order valence-electron chi connectivity index (χ2n) is 5.34. The van der Waals surface area contributed by atoms with Gasteiger partial charge in [-0.25, -0.2) is 0 Å². The second kappa shape index (κ2) is 7.53. The van der Waals surface area contributed by atoms with Gasteiger partial charge >= 0.3 is 0 Å². The molecule has 0 fully saturated rings. The smallest absolute Gasteiger partial charge is 0.251 e. The highest BCUT2D eigenvalue weighted by Gasteiger charge is 2.13. The predicted molar refractivity (Wildman–Crippen MR) is 83.6 cm³/mol. The third-order valence-electron chi connectivity index (χ3n) is 3.30. The molecule has 1 N–H and O–H groups in total. The highest BCUT2D eigenvalue weighted by atomic mass is 16.4. The lowest BCUT2D eigenvalue weighted by Crippen LogP contribution is -2.32. The summed E-state index contributed by atoms with van der Waals surface area (Å²) in [6.07, 6.45) is 0.210. The van der Waals surface area contributed by atoms with E-state index in [0.29, 0.717) is 17.3 Å². The molecule has 0 aliphatic rings. The fraction of sp³-hybridized carbons (Fsp3) is 0.375. The quantitative estimate of drug-likeness (QED) is 0.871. The van der Waals surface area contributed by atoms with Crippen molar-refractivity contribution in [1.29, 1.82) is 0 Å². The summed E-state index contributed by atoms with van der Waals surface area (Å²) in [5, 5.41) is 10.3. The molecule has 0 unspecified atom stereocenters. The molecule has 0 aliphatic carbocycles. The molecule has 1 heterocycles. The van der Waals surface area contributed by atoms with E-state index in [0.717, 1.165) is 5.56 Å². The molecule has 0 spiro atoms. The number of amides is 2. The monoisotopic (exact) mass is 316 g/mol. The van der Waals surface area contributed by atoms with Gasteiger partial charge in [-0.15, -0.1) is 10.2 Å². The van der Waals surface area contributed by atoms with Crippen LogP contribution < -0.4 is 5.32 Å². The molecule has 0 radical (unpaired) electrons. The summed E-state index contributed by atoms with van der Waals surface area (Å²) in [4.78, 5) is 25.4. The zero-order chi connectivity index (χ0) is 16.8. The van der Waals surface area contributed by atoms with Gasteiger partial charge in [0.05, 0.1) is 6.54 Å². The summed E-state index contributed by atoms with van der Waals surface area (Å²) >= 11 is 0. The van der Waals surface area contributed by atoms with Crippen LogP contribution in [-0.4, -0.2) is 40.5 Å². The van der Waals surface area contributed by atoms with Gasteiger partial charge in [-0.2, -0.15) is 0 Å². The average molecular weight is 316 g/mol. The van der Waals surface area contributed by atoms with Crippen LogP contribution in [0.4, 0.5) is 0 Å². The lowest BCUT2D eigenvalue weighted by atomic mass is 10.1. The minimum Gasteiger partial charge on any atom is -0.424 e. The fourth-order valence-corrected chi connectivity index (χ4v) is 1.97. The van der Waals surface area contributed by atoms with Gasteiger partial charge in [-0.1, -0.05) is 17.7 Å². The van der Waals surface area contributed by atoms with Crippen molar-refractivity contribution in [3.05, 3.63) is 47.2 Å². The molecular weight excluding hydrogens is 296 g/mol. The lowest BCUT2D eigenvalue weighted by molar-refractivity contribution is -0.130. The van der Waals surface area contributed by atoms with Crippen molar-refractivity contribution in [3.63, 3.8) is 0 Å². The van der Waals surface area contributed by atoms with Gasteiger partial charge in [0.25, 0.3) is 5.91 Å². The Morgan fingerprint density at radius 2 is 1.87 bits per heavy atom. The van der Waals surface area contributed by atoms with Gasteiger partial charge < -0.3 is 14.6 Å². The number of benzene rings is 1. The molecule has 7 nitrogen and oxygen atoms in total. The Balaban J connectivity index is 1.75. The summed E-state index contributed by atoms with van der Waals surface area (Å²) in [5.41, 5.74) is 1.67. The van der Waals surface area contributed by atoms with Crippen molar-refractivity contribution in [2.45, 2.75) is 26.8 Å². The second-order valence-corrected chi connectivity index (χ2v) is 5.34. The van der Waals surface area contributed by atoms with Crippen molar-refractivity contribution in [3.8, 4) is 0 Å². The highest BCUT2D eigenvalue weighted by molar-refractivity contribution is 5.94. The number of nitrogens with one attached hydrogen (secondary N) is 1. The van der Waals surface area contributed by atoms with E-state index in [1.165, 1.54) is 4.90 Å². The molecule has 7 heteroatoms. The van der Waals surface area contributed by atoms with Crippen molar-refractivity contribution < 1.29 is 14.0 Å². The zero-order valence-corrected chi connectivity index (χ0v) is 13.5. The largest absolute Gasteiger partial charge is 0.424 e. The van der Waals surface area contributed by atoms with Crippen LogP contribution in [0.2, 0.25) is 0 Å². The van der Waals surface area contributed by atoms with E-state index in [1.807, 2.05) is 19.1 Å². The van der Waals surface area contributed by atoms with Gasteiger partial charge in [0.1, 0.15) is 0 Å². The SMILES string of the molecule is Cc1ccc(C(=O)NCCC(=O)N(C)Cc2nnc(C)o2)cc1. The number of rotatable bonds is 6. The number of aryl methyl sites for hydroxylation is 2. The Morgan fingerprint density at radius 1 is 1.17 bits per heavy atom. The lowest BCUT2D eigenvalue weighted by Gasteiger charge is -2.15. The van der Waals surface area contributed by atoms with Crippen molar-refractivity contribution >= 4 is 11.8 Å². The highest BCUT2D eigenvalue weighted by Crippen LogP contribution is 2.04. The van der Waals surface area contributed by atoms with E-state index in [4.69, 9.17) is 4.42 Å². The number of nitrogens with zero attached hydrogens (tertiary/aromatic N) is 3. The first-order valence-electron chi connectivity index (χ1n) is 7.33. The summed E-state index contributed by atoms with van der Waals surface area (Å²) in [7, 11) is 1.66. The zero-order valence-electron chi connectivity index (χ0n) is 13.5. The van der Waals surface area contributed by atoms with Crippen LogP contribution >= 0.6 is 0 Å². The first kappa shape index (κ1) is 16.7. The Kier molecular flexibility index (Phi) is 5.46. The minimum absolute atomic E-state index is 0.106. The van der Waals surface area contributed by atoms with E-state index in [2.05, 4.69) is 15.5 Å². The summed E-state index contributed by atoms with van der Waals surface area (Å²) in [6.45, 7) is 4.18. The van der Waals surface area contributed by atoms with Crippen molar-refractivity contribution in [1.82, 2.24) is 20.4 Å². The van der Waals surface area contributed by atoms with E-state index >= 15 is 0 Å². The van der Waals surface area contributed by atoms with E-state index in [9.17, 15) is 9.59 Å². The summed E-state index contributed by atoms with van der Waals surface area (Å²) < 4.78 is 5.23. The first-order chi connectivity index (χ1) is 11.0. The number of carbonyl (C=O) groups excluding carboxylic acids is 2. The predicted octanol–water partition coefficient (Wildman–Crippen LogP) is 1.46. The average Bonchev–Trinajstić information content (AvgIpc) is 2.92. The van der Waals surface area contributed by atoms with Crippen LogP contribution in [0.25, 0.3) is 0 Å². The van der Waals surface area contributed by atoms with Crippen molar-refractivity contribution in [2.75, 3.05) is 13.6 Å². The van der Waals surface area contributed by atoms with E-state index < -0.39 is 0 Å². The summed E-state index contributed by atoms with van der Waals surface area (Å²) in [6, 6.07) is 7.27. The third-order valence-corrected chi connectivity index (χ3v) is 3.30.